The fourth-order valence-electron chi connectivity index (χ4n) is 1.67. The van der Waals surface area contributed by atoms with E-state index in [0.717, 1.165) is 0 Å². The van der Waals surface area contributed by atoms with Crippen LogP contribution in [0.2, 0.25) is 0 Å². The van der Waals surface area contributed by atoms with E-state index >= 15 is 0 Å². The van der Waals surface area contributed by atoms with E-state index in [1.165, 1.54) is 37.1 Å². The van der Waals surface area contributed by atoms with Crippen LogP contribution in [-0.2, 0) is 7.05 Å². The van der Waals surface area contributed by atoms with E-state index in [1.807, 2.05) is 0 Å². The highest BCUT2D eigenvalue weighted by atomic mass is 16.6. The highest BCUT2D eigenvalue weighted by Gasteiger charge is 2.26. The Morgan fingerprint density at radius 2 is 2.20 bits per heavy atom. The van der Waals surface area contributed by atoms with Crippen LogP contribution in [0.1, 0.15) is 16.1 Å². The van der Waals surface area contributed by atoms with Gasteiger partial charge in [0.1, 0.15) is 11.4 Å². The number of rotatable bonds is 4. The minimum Gasteiger partial charge on any atom is -0.432 e. The smallest absolute Gasteiger partial charge is 0.353 e. The summed E-state index contributed by atoms with van der Waals surface area (Å²) in [5, 5.41) is 14.9. The fourth-order valence-corrected chi connectivity index (χ4v) is 1.67. The third-order valence-electron chi connectivity index (χ3n) is 2.53. The first-order valence-electron chi connectivity index (χ1n) is 5.51. The van der Waals surface area contributed by atoms with Gasteiger partial charge in [0.15, 0.2) is 0 Å². The topological polar surface area (TPSA) is 126 Å². The number of pyridine rings is 1. The van der Waals surface area contributed by atoms with Gasteiger partial charge >= 0.3 is 5.69 Å². The number of nitrogens with two attached hydrogens (primary N) is 1. The number of nitro groups is 1. The molecule has 0 fully saturated rings. The minimum absolute atomic E-state index is 0.0454. The molecule has 2 N–H and O–H groups in total. The molecular weight excluding hydrogens is 266 g/mol. The first-order chi connectivity index (χ1) is 9.40. The molecule has 0 atom stereocenters. The Morgan fingerprint density at radius 3 is 2.80 bits per heavy atom. The number of hydrogen-bond donors (Lipinski definition) is 1. The van der Waals surface area contributed by atoms with Gasteiger partial charge in [-0.25, -0.2) is 4.68 Å². The largest absolute Gasteiger partial charge is 0.432 e. The Bertz CT molecular complexity index is 694. The van der Waals surface area contributed by atoms with Crippen molar-refractivity contribution in [3.8, 4) is 11.6 Å². The summed E-state index contributed by atoms with van der Waals surface area (Å²) in [6, 6.07) is 1.35. The molecule has 2 rings (SSSR count). The lowest BCUT2D eigenvalue weighted by Gasteiger charge is -2.05. The zero-order chi connectivity index (χ0) is 14.9. The monoisotopic (exact) mass is 277 g/mol. The van der Waals surface area contributed by atoms with E-state index in [9.17, 15) is 14.9 Å². The maximum Gasteiger partial charge on any atom is 0.353 e. The molecule has 2 aromatic rings. The first kappa shape index (κ1) is 13.5. The highest BCUT2D eigenvalue weighted by Crippen LogP contribution is 2.33. The standard InChI is InChI=1S/C11H11N5O4/c1-6-9(16(18)19)11(15(2)14-6)20-8-3-7(10(12)17)4-13-5-8/h3-5H,1-2H3,(H2,12,17). The van der Waals surface area contributed by atoms with E-state index in [1.54, 1.807) is 0 Å². The molecule has 0 bridgehead atoms. The van der Waals surface area contributed by atoms with Crippen molar-refractivity contribution < 1.29 is 14.5 Å². The number of amides is 1. The zero-order valence-electron chi connectivity index (χ0n) is 10.7. The molecule has 0 saturated heterocycles. The lowest BCUT2D eigenvalue weighted by Crippen LogP contribution is -2.11. The van der Waals surface area contributed by atoms with Crippen molar-refractivity contribution in [2.24, 2.45) is 12.8 Å². The number of hydrogen-bond acceptors (Lipinski definition) is 6. The minimum atomic E-state index is -0.668. The molecule has 0 aromatic carbocycles. The Morgan fingerprint density at radius 1 is 1.50 bits per heavy atom. The number of primary amides is 1. The predicted octanol–water partition coefficient (Wildman–Crippen LogP) is 0.923. The van der Waals surface area contributed by atoms with E-state index in [4.69, 9.17) is 10.5 Å². The molecule has 0 saturated carbocycles. The van der Waals surface area contributed by atoms with Crippen LogP contribution in [0, 0.1) is 17.0 Å². The summed E-state index contributed by atoms with van der Waals surface area (Å²) < 4.78 is 6.64. The summed E-state index contributed by atoms with van der Waals surface area (Å²) in [7, 11) is 1.51. The van der Waals surface area contributed by atoms with E-state index in [-0.39, 0.29) is 28.6 Å². The molecule has 0 aliphatic carbocycles. The molecule has 20 heavy (non-hydrogen) atoms. The molecule has 9 nitrogen and oxygen atoms in total. The quantitative estimate of drug-likeness (QED) is 0.654. The molecule has 1 amide bonds. The predicted molar refractivity (Wildman–Crippen MR) is 67.4 cm³/mol. The molecule has 0 unspecified atom stereocenters. The van der Waals surface area contributed by atoms with E-state index in [0.29, 0.717) is 0 Å². The van der Waals surface area contributed by atoms with Gasteiger partial charge in [-0.15, -0.1) is 0 Å². The molecule has 2 aromatic heterocycles. The van der Waals surface area contributed by atoms with Crippen molar-refractivity contribution in [2.75, 3.05) is 0 Å². The number of aromatic nitrogens is 3. The van der Waals surface area contributed by atoms with E-state index < -0.39 is 10.8 Å². The number of carbonyl (C=O) groups is 1. The third kappa shape index (κ3) is 2.41. The lowest BCUT2D eigenvalue weighted by molar-refractivity contribution is -0.386. The Hall–Kier alpha value is -2.97. The fraction of sp³-hybridized carbons (Fsp3) is 0.182. The second kappa shape index (κ2) is 4.96. The van der Waals surface area contributed by atoms with Crippen molar-refractivity contribution in [2.45, 2.75) is 6.92 Å². The maximum atomic E-state index is 11.1. The summed E-state index contributed by atoms with van der Waals surface area (Å²) in [5.41, 5.74) is 5.26. The molecule has 0 aliphatic heterocycles. The van der Waals surface area contributed by atoms with Gasteiger partial charge < -0.3 is 10.5 Å². The van der Waals surface area contributed by atoms with Crippen molar-refractivity contribution in [1.29, 1.82) is 0 Å². The molecular formula is C11H11N5O4. The highest BCUT2D eigenvalue weighted by molar-refractivity contribution is 5.92. The van der Waals surface area contributed by atoms with Crippen LogP contribution < -0.4 is 10.5 Å². The van der Waals surface area contributed by atoms with Crippen LogP contribution in [0.3, 0.4) is 0 Å². The van der Waals surface area contributed by atoms with Gasteiger partial charge in [-0.05, 0) is 13.0 Å². The van der Waals surface area contributed by atoms with Crippen molar-refractivity contribution in [3.05, 3.63) is 39.8 Å². The SMILES string of the molecule is Cc1nn(C)c(Oc2cncc(C(N)=O)c2)c1[N+](=O)[O-]. The molecule has 2 heterocycles. The second-order valence-corrected chi connectivity index (χ2v) is 4.00. The Balaban J connectivity index is 2.42. The van der Waals surface area contributed by atoms with Gasteiger partial charge in [0, 0.05) is 13.2 Å². The van der Waals surface area contributed by atoms with Crippen LogP contribution >= 0.6 is 0 Å². The first-order valence-corrected chi connectivity index (χ1v) is 5.51. The summed E-state index contributed by atoms with van der Waals surface area (Å²) in [6.07, 6.45) is 2.59. The van der Waals surface area contributed by atoms with Crippen LogP contribution in [-0.4, -0.2) is 25.6 Å². The Kier molecular flexibility index (Phi) is 3.34. The average Bonchev–Trinajstić information content (AvgIpc) is 2.64. The van der Waals surface area contributed by atoms with Gasteiger partial charge in [0.05, 0.1) is 16.7 Å². The van der Waals surface area contributed by atoms with Gasteiger partial charge in [-0.3, -0.25) is 19.9 Å². The van der Waals surface area contributed by atoms with Crippen molar-refractivity contribution >= 4 is 11.6 Å². The number of aryl methyl sites for hydroxylation is 2. The molecule has 0 aliphatic rings. The average molecular weight is 277 g/mol. The zero-order valence-corrected chi connectivity index (χ0v) is 10.7. The van der Waals surface area contributed by atoms with Gasteiger partial charge in [0.25, 0.3) is 5.88 Å². The summed E-state index contributed by atoms with van der Waals surface area (Å²) in [4.78, 5) is 25.3. The van der Waals surface area contributed by atoms with Crippen LogP contribution in [0.5, 0.6) is 11.6 Å². The molecule has 9 heteroatoms. The van der Waals surface area contributed by atoms with Crippen molar-refractivity contribution in [1.82, 2.24) is 14.8 Å². The van der Waals surface area contributed by atoms with Crippen LogP contribution in [0.15, 0.2) is 18.5 Å². The summed E-state index contributed by atoms with van der Waals surface area (Å²) in [5.74, 6) is -0.554. The molecule has 104 valence electrons. The Labute approximate surface area is 113 Å². The number of nitrogens with zero attached hydrogens (tertiary/aromatic N) is 4. The maximum absolute atomic E-state index is 11.1. The van der Waals surface area contributed by atoms with Gasteiger partial charge in [0.2, 0.25) is 5.91 Å². The lowest BCUT2D eigenvalue weighted by atomic mass is 10.3. The third-order valence-corrected chi connectivity index (χ3v) is 2.53. The summed E-state index contributed by atoms with van der Waals surface area (Å²) in [6.45, 7) is 1.50. The number of carbonyl (C=O) groups excluding carboxylic acids is 1. The van der Waals surface area contributed by atoms with Crippen LogP contribution in [0.4, 0.5) is 5.69 Å². The van der Waals surface area contributed by atoms with Crippen molar-refractivity contribution in [3.63, 3.8) is 0 Å². The van der Waals surface area contributed by atoms with E-state index in [2.05, 4.69) is 10.1 Å². The number of ether oxygens (including phenoxy) is 1. The molecule has 0 spiro atoms. The normalized spacial score (nSPS) is 10.3. The van der Waals surface area contributed by atoms with Crippen LogP contribution in [0.25, 0.3) is 0 Å². The second-order valence-electron chi connectivity index (χ2n) is 4.00. The van der Waals surface area contributed by atoms with Gasteiger partial charge in [-0.1, -0.05) is 0 Å². The molecule has 0 radical (unpaired) electrons. The van der Waals surface area contributed by atoms with Gasteiger partial charge in [-0.2, -0.15) is 5.10 Å². The summed E-state index contributed by atoms with van der Waals surface area (Å²) >= 11 is 0.